The second-order valence-corrected chi connectivity index (χ2v) is 15.3. The number of hydrogen-bond donors (Lipinski definition) is 0. The zero-order valence-electron chi connectivity index (χ0n) is 28.7. The first-order chi connectivity index (χ1) is 26.3. The van der Waals surface area contributed by atoms with Crippen molar-refractivity contribution in [3.8, 4) is 55.6 Å². The fourth-order valence-corrected chi connectivity index (χ4v) is 10.7. The van der Waals surface area contributed by atoms with Crippen LogP contribution in [0.1, 0.15) is 0 Å². The van der Waals surface area contributed by atoms with Gasteiger partial charge in [-0.25, -0.2) is 0 Å². The van der Waals surface area contributed by atoms with Gasteiger partial charge in [0, 0.05) is 25.7 Å². The smallest absolute Gasteiger partial charge is 0.0440 e. The molecule has 0 atom stereocenters. The number of rotatable bonds is 2. The monoisotopic (exact) mass is 686 g/mol. The van der Waals surface area contributed by atoms with Crippen molar-refractivity contribution in [3.05, 3.63) is 182 Å². The molecule has 1 heteroatoms. The van der Waals surface area contributed by atoms with Gasteiger partial charge in [-0.2, -0.15) is 0 Å². The van der Waals surface area contributed by atoms with E-state index in [4.69, 9.17) is 0 Å². The molecule has 0 saturated heterocycles. The van der Waals surface area contributed by atoms with Gasteiger partial charge in [-0.1, -0.05) is 170 Å². The molecule has 0 spiro atoms. The maximum atomic E-state index is 2.40. The highest BCUT2D eigenvalue weighted by Crippen LogP contribution is 2.53. The van der Waals surface area contributed by atoms with Gasteiger partial charge in [0.25, 0.3) is 0 Å². The third-order valence-corrected chi connectivity index (χ3v) is 12.8. The predicted molar refractivity (Wildman–Crippen MR) is 230 cm³/mol. The summed E-state index contributed by atoms with van der Waals surface area (Å²) in [4.78, 5) is 0. The lowest BCUT2D eigenvalue weighted by molar-refractivity contribution is 1.62. The van der Waals surface area contributed by atoms with Crippen LogP contribution in [0.2, 0.25) is 0 Å². The molecule has 0 N–H and O–H groups in total. The third kappa shape index (κ3) is 4.00. The fourth-order valence-electron chi connectivity index (χ4n) is 9.44. The van der Waals surface area contributed by atoms with E-state index in [0.717, 1.165) is 0 Å². The lowest BCUT2D eigenvalue weighted by atomic mass is 9.82. The Labute approximate surface area is 310 Å². The number of hydrogen-bond acceptors (Lipinski definition) is 1. The first-order valence-corrected chi connectivity index (χ1v) is 19.2. The van der Waals surface area contributed by atoms with E-state index in [1.807, 2.05) is 11.3 Å². The van der Waals surface area contributed by atoms with Gasteiger partial charge >= 0.3 is 0 Å². The van der Waals surface area contributed by atoms with E-state index in [1.54, 1.807) is 0 Å². The molecule has 10 aromatic carbocycles. The molecule has 53 heavy (non-hydrogen) atoms. The van der Waals surface area contributed by atoms with E-state index < -0.39 is 0 Å². The quantitative estimate of drug-likeness (QED) is 0.159. The first-order valence-electron chi connectivity index (χ1n) is 18.4. The molecule has 1 aliphatic rings. The second-order valence-electron chi connectivity index (χ2n) is 14.3. The highest BCUT2D eigenvalue weighted by molar-refractivity contribution is 7.26. The summed E-state index contributed by atoms with van der Waals surface area (Å²) in [5, 5.41) is 12.9. The minimum atomic E-state index is 1.27. The van der Waals surface area contributed by atoms with Gasteiger partial charge in [-0.3, -0.25) is 0 Å². The molecule has 0 fully saturated rings. The Morgan fingerprint density at radius 1 is 0.264 bits per heavy atom. The van der Waals surface area contributed by atoms with E-state index in [-0.39, 0.29) is 0 Å². The zero-order valence-corrected chi connectivity index (χ0v) is 29.5. The molecule has 0 unspecified atom stereocenters. The Bertz CT molecular complexity index is 3230. The van der Waals surface area contributed by atoms with Gasteiger partial charge in [0.05, 0.1) is 0 Å². The summed E-state index contributed by atoms with van der Waals surface area (Å²) in [6.07, 6.45) is 0. The molecule has 1 aromatic heterocycles. The summed E-state index contributed by atoms with van der Waals surface area (Å²) in [6.45, 7) is 0. The Balaban J connectivity index is 1.25. The van der Waals surface area contributed by atoms with Gasteiger partial charge in [0.1, 0.15) is 0 Å². The Morgan fingerprint density at radius 3 is 1.38 bits per heavy atom. The Hall–Kier alpha value is -6.54. The average Bonchev–Trinajstić information content (AvgIpc) is 3.54. The van der Waals surface area contributed by atoms with E-state index in [9.17, 15) is 0 Å². The minimum Gasteiger partial charge on any atom is -0.135 e. The van der Waals surface area contributed by atoms with Crippen molar-refractivity contribution in [1.29, 1.82) is 0 Å². The zero-order chi connectivity index (χ0) is 34.6. The van der Waals surface area contributed by atoms with Crippen molar-refractivity contribution in [2.45, 2.75) is 0 Å². The summed E-state index contributed by atoms with van der Waals surface area (Å²) in [6, 6.07) is 68.0. The third-order valence-electron chi connectivity index (χ3n) is 11.6. The standard InChI is InChI=1S/C52H30S/c1-2-15-32-31(14-1)30-46-37-20-11-12-27-47(37)53-52(46)51(32)50-42-23-9-7-21-39(42)49(40-22-8-10-24-43(40)50)45-29-28-44-36-19-6-4-17-34(36)33-16-3-5-18-35(33)38-25-13-26-41(45)48(38)44/h1-30H. The van der Waals surface area contributed by atoms with E-state index in [1.165, 1.54) is 119 Å². The number of thiophene rings is 1. The van der Waals surface area contributed by atoms with Crippen molar-refractivity contribution in [1.82, 2.24) is 0 Å². The van der Waals surface area contributed by atoms with Crippen LogP contribution in [0.4, 0.5) is 0 Å². The second kappa shape index (κ2) is 11.0. The van der Waals surface area contributed by atoms with Crippen LogP contribution < -0.4 is 0 Å². The van der Waals surface area contributed by atoms with Crippen LogP contribution >= 0.6 is 11.3 Å². The molecular formula is C52H30S. The van der Waals surface area contributed by atoms with Crippen molar-refractivity contribution in [2.75, 3.05) is 0 Å². The van der Waals surface area contributed by atoms with Gasteiger partial charge in [-0.15, -0.1) is 11.3 Å². The molecule has 1 aliphatic carbocycles. The maximum Gasteiger partial charge on any atom is 0.0440 e. The molecule has 12 rings (SSSR count). The summed E-state index contributed by atoms with van der Waals surface area (Å²) in [7, 11) is 0. The SMILES string of the molecule is c1ccc2c(c1)-c1ccccc1-c1ccc(-c3c4ccccc4c(-c4c5ccccc5cc5c4sc4ccccc45)c4ccccc34)c3cccc-2c13. The molecule has 0 nitrogen and oxygen atoms in total. The van der Waals surface area contributed by atoms with Gasteiger partial charge in [0.2, 0.25) is 0 Å². The van der Waals surface area contributed by atoms with Gasteiger partial charge in [0.15, 0.2) is 0 Å². The molecule has 0 aliphatic heterocycles. The average molecular weight is 687 g/mol. The molecular weight excluding hydrogens is 657 g/mol. The normalized spacial score (nSPS) is 12.2. The molecule has 0 radical (unpaired) electrons. The highest BCUT2D eigenvalue weighted by Gasteiger charge is 2.25. The van der Waals surface area contributed by atoms with Crippen LogP contribution in [-0.2, 0) is 0 Å². The lowest BCUT2D eigenvalue weighted by Gasteiger charge is -2.21. The topological polar surface area (TPSA) is 0 Å². The lowest BCUT2D eigenvalue weighted by Crippen LogP contribution is -1.93. The largest absolute Gasteiger partial charge is 0.135 e. The van der Waals surface area contributed by atoms with E-state index in [2.05, 4.69) is 182 Å². The summed E-state index contributed by atoms with van der Waals surface area (Å²) >= 11 is 1.92. The van der Waals surface area contributed by atoms with E-state index >= 15 is 0 Å². The summed E-state index contributed by atoms with van der Waals surface area (Å²) in [5.74, 6) is 0. The molecule has 244 valence electrons. The maximum absolute atomic E-state index is 2.40. The van der Waals surface area contributed by atoms with Crippen molar-refractivity contribution in [2.24, 2.45) is 0 Å². The molecule has 0 saturated carbocycles. The number of benzene rings is 10. The van der Waals surface area contributed by atoms with Gasteiger partial charge < -0.3 is 0 Å². The van der Waals surface area contributed by atoms with Crippen LogP contribution in [0.3, 0.4) is 0 Å². The molecule has 0 bridgehead atoms. The minimum absolute atomic E-state index is 1.27. The molecule has 0 amide bonds. The predicted octanol–water partition coefficient (Wildman–Crippen LogP) is 15.3. The van der Waals surface area contributed by atoms with Crippen molar-refractivity contribution >= 4 is 74.6 Å². The summed E-state index contributed by atoms with van der Waals surface area (Å²) < 4.78 is 2.68. The number of fused-ring (bicyclic) bond motifs is 11. The summed E-state index contributed by atoms with van der Waals surface area (Å²) in [5.41, 5.74) is 12.9. The molecule has 11 aromatic rings. The highest BCUT2D eigenvalue weighted by atomic mass is 32.1. The van der Waals surface area contributed by atoms with Crippen molar-refractivity contribution in [3.63, 3.8) is 0 Å². The Kier molecular flexibility index (Phi) is 6.03. The van der Waals surface area contributed by atoms with Crippen molar-refractivity contribution < 1.29 is 0 Å². The first kappa shape index (κ1) is 29.1. The van der Waals surface area contributed by atoms with Crippen LogP contribution in [0, 0.1) is 0 Å². The van der Waals surface area contributed by atoms with E-state index in [0.29, 0.717) is 0 Å². The Morgan fingerprint density at radius 2 is 0.717 bits per heavy atom. The van der Waals surface area contributed by atoms with Crippen LogP contribution in [0.25, 0.3) is 119 Å². The van der Waals surface area contributed by atoms with Gasteiger partial charge in [-0.05, 0) is 105 Å². The fraction of sp³-hybridized carbons (Fsp3) is 0. The van der Waals surface area contributed by atoms with Crippen LogP contribution in [-0.4, -0.2) is 0 Å². The van der Waals surface area contributed by atoms with Crippen LogP contribution in [0.15, 0.2) is 182 Å². The van der Waals surface area contributed by atoms with Crippen LogP contribution in [0.5, 0.6) is 0 Å². The molecule has 1 heterocycles.